The molecular formula is C18H29N3O2S. The highest BCUT2D eigenvalue weighted by atomic mass is 32.1. The number of amides is 2. The number of hydrogen-bond donors (Lipinski definition) is 1. The van der Waals surface area contributed by atoms with E-state index in [0.29, 0.717) is 19.6 Å². The third-order valence-corrected chi connectivity index (χ3v) is 5.23. The zero-order valence-electron chi connectivity index (χ0n) is 15.2. The smallest absolute Gasteiger partial charge is 0.263 e. The summed E-state index contributed by atoms with van der Waals surface area (Å²) < 4.78 is 0. The number of thiophene rings is 1. The summed E-state index contributed by atoms with van der Waals surface area (Å²) in [6.45, 7) is 7.26. The molecule has 0 bridgehead atoms. The van der Waals surface area contributed by atoms with Crippen LogP contribution >= 0.6 is 11.3 Å². The van der Waals surface area contributed by atoms with E-state index in [1.165, 1.54) is 11.3 Å². The first-order valence-electron chi connectivity index (χ1n) is 8.54. The summed E-state index contributed by atoms with van der Waals surface area (Å²) in [5.41, 5.74) is 0.0506. The minimum Gasteiger partial charge on any atom is -0.355 e. The fourth-order valence-electron chi connectivity index (χ4n) is 3.28. The summed E-state index contributed by atoms with van der Waals surface area (Å²) in [7, 11) is 4.09. The molecule has 6 heteroatoms. The lowest BCUT2D eigenvalue weighted by atomic mass is 9.91. The highest BCUT2D eigenvalue weighted by molar-refractivity contribution is 7.12. The van der Waals surface area contributed by atoms with Gasteiger partial charge in [0.15, 0.2) is 0 Å². The van der Waals surface area contributed by atoms with Crippen LogP contribution in [-0.4, -0.2) is 61.9 Å². The molecule has 5 nitrogen and oxygen atoms in total. The van der Waals surface area contributed by atoms with Crippen molar-refractivity contribution in [2.45, 2.75) is 26.7 Å². The fourth-order valence-corrected chi connectivity index (χ4v) is 3.97. The van der Waals surface area contributed by atoms with E-state index in [1.807, 2.05) is 36.5 Å². The average molecular weight is 352 g/mol. The van der Waals surface area contributed by atoms with E-state index < -0.39 is 0 Å². The van der Waals surface area contributed by atoms with Gasteiger partial charge in [-0.15, -0.1) is 11.3 Å². The van der Waals surface area contributed by atoms with Crippen LogP contribution in [0.3, 0.4) is 0 Å². The number of piperidine rings is 1. The van der Waals surface area contributed by atoms with Gasteiger partial charge in [-0.05, 0) is 43.8 Å². The second-order valence-corrected chi connectivity index (χ2v) is 8.61. The fraction of sp³-hybridized carbons (Fsp3) is 0.667. The molecule has 1 N–H and O–H groups in total. The molecule has 0 radical (unpaired) electrons. The van der Waals surface area contributed by atoms with Gasteiger partial charge >= 0.3 is 0 Å². The van der Waals surface area contributed by atoms with Crippen LogP contribution in [0.25, 0.3) is 0 Å². The van der Waals surface area contributed by atoms with Crippen molar-refractivity contribution in [1.82, 2.24) is 15.1 Å². The monoisotopic (exact) mass is 351 g/mol. The molecule has 0 aromatic carbocycles. The maximum absolute atomic E-state index is 12.4. The van der Waals surface area contributed by atoms with Crippen molar-refractivity contribution in [2.75, 3.05) is 40.3 Å². The first-order valence-corrected chi connectivity index (χ1v) is 9.42. The van der Waals surface area contributed by atoms with Gasteiger partial charge in [-0.25, -0.2) is 0 Å². The second-order valence-electron chi connectivity index (χ2n) is 7.66. The van der Waals surface area contributed by atoms with E-state index in [4.69, 9.17) is 0 Å². The van der Waals surface area contributed by atoms with Gasteiger partial charge in [0, 0.05) is 32.1 Å². The van der Waals surface area contributed by atoms with Gasteiger partial charge in [-0.1, -0.05) is 19.9 Å². The average Bonchev–Trinajstić information content (AvgIpc) is 3.05. The van der Waals surface area contributed by atoms with E-state index in [1.54, 1.807) is 0 Å². The van der Waals surface area contributed by atoms with Gasteiger partial charge < -0.3 is 15.1 Å². The third kappa shape index (κ3) is 5.31. The van der Waals surface area contributed by atoms with Crippen molar-refractivity contribution in [3.05, 3.63) is 22.4 Å². The first-order chi connectivity index (χ1) is 11.3. The summed E-state index contributed by atoms with van der Waals surface area (Å²) in [4.78, 5) is 29.5. The van der Waals surface area contributed by atoms with Gasteiger partial charge in [-0.3, -0.25) is 9.59 Å². The van der Waals surface area contributed by atoms with E-state index in [-0.39, 0.29) is 23.1 Å². The van der Waals surface area contributed by atoms with Crippen molar-refractivity contribution in [2.24, 2.45) is 11.3 Å². The minimum atomic E-state index is 0.0209. The number of carbonyl (C=O) groups is 2. The topological polar surface area (TPSA) is 52.7 Å². The van der Waals surface area contributed by atoms with E-state index in [9.17, 15) is 9.59 Å². The molecule has 1 aliphatic rings. The SMILES string of the molecule is CN(C)CC(C)(C)CNC(=O)C1CCN(C(=O)c2cccs2)CC1. The van der Waals surface area contributed by atoms with Crippen LogP contribution in [-0.2, 0) is 4.79 Å². The zero-order valence-corrected chi connectivity index (χ0v) is 16.0. The highest BCUT2D eigenvalue weighted by Crippen LogP contribution is 2.21. The van der Waals surface area contributed by atoms with Crippen molar-refractivity contribution in [3.8, 4) is 0 Å². The van der Waals surface area contributed by atoms with Crippen LogP contribution in [0.1, 0.15) is 36.4 Å². The summed E-state index contributed by atoms with van der Waals surface area (Å²) in [5.74, 6) is 0.244. The Bertz CT molecular complexity index is 547. The number of likely N-dealkylation sites (tertiary alicyclic amines) is 1. The Morgan fingerprint density at radius 1 is 1.33 bits per heavy atom. The van der Waals surface area contributed by atoms with Crippen LogP contribution in [0, 0.1) is 11.3 Å². The predicted octanol–water partition coefficient (Wildman–Crippen LogP) is 2.30. The maximum Gasteiger partial charge on any atom is 0.263 e. The molecule has 2 rings (SSSR count). The number of hydrogen-bond acceptors (Lipinski definition) is 4. The number of nitrogens with one attached hydrogen (secondary N) is 1. The Hall–Kier alpha value is -1.40. The van der Waals surface area contributed by atoms with Gasteiger partial charge in [0.2, 0.25) is 5.91 Å². The van der Waals surface area contributed by atoms with E-state index >= 15 is 0 Å². The Kier molecular flexibility index (Phi) is 6.40. The quantitative estimate of drug-likeness (QED) is 0.856. The van der Waals surface area contributed by atoms with Crippen molar-refractivity contribution in [1.29, 1.82) is 0 Å². The summed E-state index contributed by atoms with van der Waals surface area (Å²) >= 11 is 1.47. The Morgan fingerprint density at radius 3 is 2.54 bits per heavy atom. The molecule has 1 fully saturated rings. The first kappa shape index (κ1) is 18.9. The molecule has 2 heterocycles. The van der Waals surface area contributed by atoms with Gasteiger partial charge in [0.1, 0.15) is 0 Å². The summed E-state index contributed by atoms with van der Waals surface area (Å²) in [6.07, 6.45) is 1.49. The lowest BCUT2D eigenvalue weighted by Gasteiger charge is -2.33. The summed E-state index contributed by atoms with van der Waals surface area (Å²) in [5, 5.41) is 5.02. The van der Waals surface area contributed by atoms with Gasteiger partial charge in [0.25, 0.3) is 5.91 Å². The molecule has 0 spiro atoms. The molecule has 24 heavy (non-hydrogen) atoms. The zero-order chi connectivity index (χ0) is 17.7. The predicted molar refractivity (Wildman–Crippen MR) is 98.3 cm³/mol. The number of carbonyl (C=O) groups excluding carboxylic acids is 2. The highest BCUT2D eigenvalue weighted by Gasteiger charge is 2.29. The lowest BCUT2D eigenvalue weighted by Crippen LogP contribution is -2.45. The molecule has 2 amide bonds. The van der Waals surface area contributed by atoms with E-state index in [2.05, 4.69) is 24.1 Å². The Morgan fingerprint density at radius 2 is 2.00 bits per heavy atom. The molecule has 1 aromatic heterocycles. The van der Waals surface area contributed by atoms with Crippen LogP contribution in [0.4, 0.5) is 0 Å². The molecule has 0 atom stereocenters. The Balaban J connectivity index is 1.77. The largest absolute Gasteiger partial charge is 0.355 e. The van der Waals surface area contributed by atoms with Crippen LogP contribution in [0.5, 0.6) is 0 Å². The molecule has 0 saturated carbocycles. The molecule has 0 aliphatic carbocycles. The standard InChI is InChI=1S/C18H29N3O2S/c1-18(2,13-20(3)4)12-19-16(22)14-7-9-21(10-8-14)17(23)15-6-5-11-24-15/h5-6,11,14H,7-10,12-13H2,1-4H3,(H,19,22). The normalized spacial score (nSPS) is 16.5. The van der Waals surface area contributed by atoms with Gasteiger partial charge in [0.05, 0.1) is 4.88 Å². The minimum absolute atomic E-state index is 0.0209. The molecule has 1 aromatic rings. The van der Waals surface area contributed by atoms with E-state index in [0.717, 1.165) is 24.3 Å². The summed E-state index contributed by atoms with van der Waals surface area (Å²) in [6, 6.07) is 3.76. The molecule has 1 aliphatic heterocycles. The molecular weight excluding hydrogens is 322 g/mol. The number of rotatable bonds is 6. The molecule has 0 unspecified atom stereocenters. The van der Waals surface area contributed by atoms with Crippen molar-refractivity contribution >= 4 is 23.2 Å². The number of nitrogens with zero attached hydrogens (tertiary/aromatic N) is 2. The third-order valence-electron chi connectivity index (χ3n) is 4.37. The second kappa shape index (κ2) is 8.12. The molecule has 1 saturated heterocycles. The Labute approximate surface area is 149 Å². The maximum atomic E-state index is 12.4. The van der Waals surface area contributed by atoms with Gasteiger partial charge in [-0.2, -0.15) is 0 Å². The van der Waals surface area contributed by atoms with Crippen LogP contribution < -0.4 is 5.32 Å². The van der Waals surface area contributed by atoms with Crippen LogP contribution in [0.2, 0.25) is 0 Å². The molecule has 134 valence electrons. The lowest BCUT2D eigenvalue weighted by molar-refractivity contribution is -0.126. The van der Waals surface area contributed by atoms with Crippen molar-refractivity contribution < 1.29 is 9.59 Å². The van der Waals surface area contributed by atoms with Crippen LogP contribution in [0.15, 0.2) is 17.5 Å². The van der Waals surface area contributed by atoms with Crippen molar-refractivity contribution in [3.63, 3.8) is 0 Å².